The lowest BCUT2D eigenvalue weighted by Crippen LogP contribution is -2.44. The Morgan fingerprint density at radius 3 is 2.55 bits per heavy atom. The van der Waals surface area contributed by atoms with Crippen LogP contribution in [0.2, 0.25) is 0 Å². The zero-order chi connectivity index (χ0) is 21.7. The number of carbonyl (C=O) groups is 2. The molecular weight excluding hydrogens is 386 g/mol. The lowest BCUT2D eigenvalue weighted by Gasteiger charge is -2.28. The minimum Gasteiger partial charge on any atom is -0.359 e. The molecule has 1 aliphatic rings. The highest BCUT2D eigenvalue weighted by molar-refractivity contribution is 5.86. The molecule has 1 atom stereocenters. The van der Waals surface area contributed by atoms with Gasteiger partial charge < -0.3 is 10.2 Å². The first-order valence-corrected chi connectivity index (χ1v) is 10.6. The molecule has 0 radical (unpaired) electrons. The molecule has 1 saturated heterocycles. The largest absolute Gasteiger partial charge is 0.359 e. The van der Waals surface area contributed by atoms with E-state index in [-0.39, 0.29) is 11.8 Å². The molecule has 0 spiro atoms. The Bertz CT molecular complexity index is 1050. The number of hydrogen-bond donors (Lipinski definition) is 1. The van der Waals surface area contributed by atoms with Gasteiger partial charge in [-0.15, -0.1) is 0 Å². The highest BCUT2D eigenvalue weighted by Crippen LogP contribution is 2.37. The molecule has 5 nitrogen and oxygen atoms in total. The molecule has 158 valence electrons. The number of nitrogens with zero attached hydrogens (tertiary/aromatic N) is 2. The van der Waals surface area contributed by atoms with E-state index in [1.165, 1.54) is 0 Å². The monoisotopic (exact) mass is 413 g/mol. The first kappa shape index (κ1) is 20.8. The van der Waals surface area contributed by atoms with Crippen molar-refractivity contribution in [1.29, 1.82) is 0 Å². The molecule has 31 heavy (non-hydrogen) atoms. The van der Waals surface area contributed by atoms with Crippen LogP contribution < -0.4 is 5.32 Å². The third-order valence-electron chi connectivity index (χ3n) is 6.12. The van der Waals surface area contributed by atoms with Gasteiger partial charge in [-0.2, -0.15) is 0 Å². The van der Waals surface area contributed by atoms with Crippen molar-refractivity contribution < 1.29 is 9.59 Å². The Hall–Kier alpha value is -3.47. The average molecular weight is 414 g/mol. The van der Waals surface area contributed by atoms with E-state index in [4.69, 9.17) is 0 Å². The molecule has 0 aliphatic carbocycles. The molecule has 5 heteroatoms. The highest BCUT2D eigenvalue weighted by Gasteiger charge is 2.45. The van der Waals surface area contributed by atoms with Crippen molar-refractivity contribution in [3.05, 3.63) is 90.3 Å². The molecule has 3 aromatic rings. The fraction of sp³-hybridized carbons (Fsp3) is 0.269. The van der Waals surface area contributed by atoms with Crippen molar-refractivity contribution in [2.75, 3.05) is 20.1 Å². The molecule has 0 saturated carbocycles. The topological polar surface area (TPSA) is 62.3 Å². The maximum Gasteiger partial charge on any atom is 0.228 e. The minimum atomic E-state index is -0.635. The smallest absolute Gasteiger partial charge is 0.228 e. The SMILES string of the molecule is CNC(=O)C1(Cc2ccccc2-c2ccccc2)CCN(C(=O)Cc2cccnc2)C1. The predicted octanol–water partition coefficient (Wildman–Crippen LogP) is 3.50. The number of hydrogen-bond acceptors (Lipinski definition) is 3. The number of nitrogens with one attached hydrogen (secondary N) is 1. The second kappa shape index (κ2) is 9.13. The molecule has 4 rings (SSSR count). The van der Waals surface area contributed by atoms with E-state index in [0.717, 1.165) is 22.3 Å². The third kappa shape index (κ3) is 4.50. The van der Waals surface area contributed by atoms with E-state index in [1.54, 1.807) is 19.4 Å². The minimum absolute atomic E-state index is 0.00737. The fourth-order valence-corrected chi connectivity index (χ4v) is 4.49. The Kier molecular flexibility index (Phi) is 6.12. The van der Waals surface area contributed by atoms with Crippen LogP contribution in [-0.4, -0.2) is 41.8 Å². The van der Waals surface area contributed by atoms with Gasteiger partial charge in [0.1, 0.15) is 0 Å². The molecule has 1 aliphatic heterocycles. The molecule has 2 amide bonds. The number of amides is 2. The Morgan fingerprint density at radius 2 is 1.81 bits per heavy atom. The summed E-state index contributed by atoms with van der Waals surface area (Å²) in [5, 5.41) is 2.85. The zero-order valence-electron chi connectivity index (χ0n) is 17.8. The number of likely N-dealkylation sites (tertiary alicyclic amines) is 1. The van der Waals surface area contributed by atoms with Crippen LogP contribution in [0, 0.1) is 5.41 Å². The van der Waals surface area contributed by atoms with Gasteiger partial charge in [0.25, 0.3) is 0 Å². The first-order chi connectivity index (χ1) is 15.1. The van der Waals surface area contributed by atoms with Gasteiger partial charge in [0, 0.05) is 32.5 Å². The summed E-state index contributed by atoms with van der Waals surface area (Å²) in [6, 6.07) is 22.2. The summed E-state index contributed by atoms with van der Waals surface area (Å²) in [5.41, 5.74) is 3.64. The normalized spacial score (nSPS) is 18.0. The number of aromatic nitrogens is 1. The van der Waals surface area contributed by atoms with E-state index in [0.29, 0.717) is 32.4 Å². The van der Waals surface area contributed by atoms with Gasteiger partial charge in [0.05, 0.1) is 11.8 Å². The van der Waals surface area contributed by atoms with Gasteiger partial charge in [0.15, 0.2) is 0 Å². The van der Waals surface area contributed by atoms with Crippen LogP contribution in [0.15, 0.2) is 79.1 Å². The average Bonchev–Trinajstić information content (AvgIpc) is 3.25. The Labute approximate surface area is 183 Å². The molecule has 1 aromatic heterocycles. The van der Waals surface area contributed by atoms with Crippen molar-refractivity contribution in [1.82, 2.24) is 15.2 Å². The predicted molar refractivity (Wildman–Crippen MR) is 121 cm³/mol. The van der Waals surface area contributed by atoms with Crippen LogP contribution in [0.5, 0.6) is 0 Å². The van der Waals surface area contributed by atoms with Gasteiger partial charge in [-0.1, -0.05) is 60.7 Å². The maximum absolute atomic E-state index is 13.1. The van der Waals surface area contributed by atoms with Crippen molar-refractivity contribution in [3.63, 3.8) is 0 Å². The second-order valence-corrected chi connectivity index (χ2v) is 8.16. The lowest BCUT2D eigenvalue weighted by molar-refractivity contribution is -0.132. The van der Waals surface area contributed by atoms with Gasteiger partial charge in [0.2, 0.25) is 11.8 Å². The summed E-state index contributed by atoms with van der Waals surface area (Å²) in [7, 11) is 1.67. The van der Waals surface area contributed by atoms with Crippen LogP contribution >= 0.6 is 0 Å². The summed E-state index contributed by atoms with van der Waals surface area (Å²) in [6.45, 7) is 1.01. The summed E-state index contributed by atoms with van der Waals surface area (Å²) in [4.78, 5) is 31.9. The third-order valence-corrected chi connectivity index (χ3v) is 6.12. The number of pyridine rings is 1. The summed E-state index contributed by atoms with van der Waals surface area (Å²) < 4.78 is 0. The highest BCUT2D eigenvalue weighted by atomic mass is 16.2. The quantitative estimate of drug-likeness (QED) is 0.673. The van der Waals surface area contributed by atoms with Crippen LogP contribution in [0.25, 0.3) is 11.1 Å². The molecule has 2 heterocycles. The van der Waals surface area contributed by atoms with Crippen LogP contribution in [-0.2, 0) is 22.4 Å². The fourth-order valence-electron chi connectivity index (χ4n) is 4.49. The Balaban J connectivity index is 1.58. The molecule has 1 unspecified atom stereocenters. The van der Waals surface area contributed by atoms with Crippen LogP contribution in [0.3, 0.4) is 0 Å². The number of rotatable bonds is 6. The standard InChI is InChI=1S/C26H27N3O2/c1-27-25(31)26(13-15-29(19-26)24(30)16-20-8-7-14-28-18-20)17-22-11-5-6-12-23(22)21-9-3-2-4-10-21/h2-12,14,18H,13,15-17,19H2,1H3,(H,27,31). The van der Waals surface area contributed by atoms with E-state index in [9.17, 15) is 9.59 Å². The maximum atomic E-state index is 13.1. The second-order valence-electron chi connectivity index (χ2n) is 8.16. The van der Waals surface area contributed by atoms with Crippen molar-refractivity contribution >= 4 is 11.8 Å². The molecule has 0 bridgehead atoms. The summed E-state index contributed by atoms with van der Waals surface area (Å²) in [6.07, 6.45) is 4.96. The van der Waals surface area contributed by atoms with Crippen LogP contribution in [0.4, 0.5) is 0 Å². The van der Waals surface area contributed by atoms with E-state index < -0.39 is 5.41 Å². The summed E-state index contributed by atoms with van der Waals surface area (Å²) >= 11 is 0. The molecule has 2 aromatic carbocycles. The van der Waals surface area contributed by atoms with E-state index >= 15 is 0 Å². The van der Waals surface area contributed by atoms with Crippen molar-refractivity contribution in [2.24, 2.45) is 5.41 Å². The lowest BCUT2D eigenvalue weighted by atomic mass is 9.78. The molecular formula is C26H27N3O2. The number of carbonyl (C=O) groups excluding carboxylic acids is 2. The van der Waals surface area contributed by atoms with Gasteiger partial charge in [-0.3, -0.25) is 14.6 Å². The molecule has 1 fully saturated rings. The summed E-state index contributed by atoms with van der Waals surface area (Å²) in [5.74, 6) is 0.0298. The Morgan fingerprint density at radius 1 is 1.03 bits per heavy atom. The van der Waals surface area contributed by atoms with Gasteiger partial charge in [-0.25, -0.2) is 0 Å². The zero-order valence-corrected chi connectivity index (χ0v) is 17.8. The van der Waals surface area contributed by atoms with Crippen molar-refractivity contribution in [3.8, 4) is 11.1 Å². The van der Waals surface area contributed by atoms with Gasteiger partial charge >= 0.3 is 0 Å². The first-order valence-electron chi connectivity index (χ1n) is 10.6. The van der Waals surface area contributed by atoms with Crippen LogP contribution in [0.1, 0.15) is 17.5 Å². The van der Waals surface area contributed by atoms with E-state index in [1.807, 2.05) is 47.4 Å². The molecule has 1 N–H and O–H groups in total. The number of benzene rings is 2. The van der Waals surface area contributed by atoms with Gasteiger partial charge in [-0.05, 0) is 41.2 Å². The van der Waals surface area contributed by atoms with E-state index in [2.05, 4.69) is 34.6 Å². The van der Waals surface area contributed by atoms with Crippen molar-refractivity contribution in [2.45, 2.75) is 19.3 Å².